The maximum atomic E-state index is 13.0. The fourth-order valence-electron chi connectivity index (χ4n) is 3.51. The van der Waals surface area contributed by atoms with Crippen LogP contribution in [-0.2, 0) is 9.53 Å². The quantitative estimate of drug-likeness (QED) is 0.319. The number of carbonyl (C=O) groups excluding carboxylic acids is 2. The van der Waals surface area contributed by atoms with Crippen LogP contribution in [0.4, 0.5) is 15.8 Å². The number of piperazine rings is 1. The van der Waals surface area contributed by atoms with Crippen LogP contribution in [0, 0.1) is 15.9 Å². The first kappa shape index (κ1) is 22.0. The third-order valence-electron chi connectivity index (χ3n) is 5.32. The molecule has 0 atom stereocenters. The highest BCUT2D eigenvalue weighted by molar-refractivity contribution is 5.89. The van der Waals surface area contributed by atoms with E-state index < -0.39 is 17.5 Å². The van der Waals surface area contributed by atoms with Crippen LogP contribution in [0.2, 0.25) is 0 Å². The lowest BCUT2D eigenvalue weighted by Crippen LogP contribution is -2.49. The maximum Gasteiger partial charge on any atom is 0.374 e. The Morgan fingerprint density at radius 1 is 0.970 bits per heavy atom. The Labute approximate surface area is 188 Å². The van der Waals surface area contributed by atoms with Crippen molar-refractivity contribution in [3.05, 3.63) is 82.4 Å². The number of anilines is 1. The van der Waals surface area contributed by atoms with E-state index in [0.29, 0.717) is 37.5 Å². The summed E-state index contributed by atoms with van der Waals surface area (Å²) in [6.07, 6.45) is 0. The standard InChI is InChI=1S/C23H20FN3O6/c24-17-3-1-16(2-4-17)20-9-10-21(33-20)23(29)32-15-22(28)26-13-11-25(12-14-26)18-5-7-19(8-6-18)27(30)31/h1-10H,11-15H2. The third-order valence-corrected chi connectivity index (χ3v) is 5.32. The van der Waals surface area contributed by atoms with Crippen molar-refractivity contribution in [3.63, 3.8) is 0 Å². The van der Waals surface area contributed by atoms with Crippen LogP contribution in [0.1, 0.15) is 10.6 Å². The van der Waals surface area contributed by atoms with Crippen molar-refractivity contribution in [1.82, 2.24) is 4.90 Å². The Balaban J connectivity index is 1.26. The van der Waals surface area contributed by atoms with E-state index in [1.165, 1.54) is 42.5 Å². The Kier molecular flexibility index (Phi) is 6.34. The molecule has 1 aliphatic rings. The molecule has 0 bridgehead atoms. The first-order chi connectivity index (χ1) is 15.9. The van der Waals surface area contributed by atoms with Gasteiger partial charge in [-0.2, -0.15) is 0 Å². The third kappa shape index (κ3) is 5.17. The number of hydrogen-bond donors (Lipinski definition) is 0. The summed E-state index contributed by atoms with van der Waals surface area (Å²) >= 11 is 0. The van der Waals surface area contributed by atoms with E-state index in [1.54, 1.807) is 23.1 Å². The lowest BCUT2D eigenvalue weighted by Gasteiger charge is -2.36. The van der Waals surface area contributed by atoms with Crippen LogP contribution in [0.5, 0.6) is 0 Å². The zero-order valence-corrected chi connectivity index (χ0v) is 17.5. The van der Waals surface area contributed by atoms with Gasteiger partial charge in [-0.25, -0.2) is 9.18 Å². The number of esters is 1. The summed E-state index contributed by atoms with van der Waals surface area (Å²) in [6.45, 7) is 1.56. The smallest absolute Gasteiger partial charge is 0.374 e. The summed E-state index contributed by atoms with van der Waals surface area (Å²) in [4.78, 5) is 38.6. The summed E-state index contributed by atoms with van der Waals surface area (Å²) in [5.41, 5.74) is 1.47. The van der Waals surface area contributed by atoms with E-state index in [4.69, 9.17) is 9.15 Å². The molecule has 9 nitrogen and oxygen atoms in total. The monoisotopic (exact) mass is 453 g/mol. The summed E-state index contributed by atoms with van der Waals surface area (Å²) in [5, 5.41) is 10.8. The van der Waals surface area contributed by atoms with Crippen molar-refractivity contribution >= 4 is 23.3 Å². The van der Waals surface area contributed by atoms with E-state index in [0.717, 1.165) is 5.69 Å². The largest absolute Gasteiger partial charge is 0.450 e. The highest BCUT2D eigenvalue weighted by Crippen LogP contribution is 2.23. The number of halogens is 1. The lowest BCUT2D eigenvalue weighted by molar-refractivity contribution is -0.384. The number of nitro groups is 1. The van der Waals surface area contributed by atoms with Crippen LogP contribution >= 0.6 is 0 Å². The predicted molar refractivity (Wildman–Crippen MR) is 116 cm³/mol. The van der Waals surface area contributed by atoms with Gasteiger partial charge in [-0.15, -0.1) is 0 Å². The molecule has 1 aromatic heterocycles. The van der Waals surface area contributed by atoms with E-state index in [1.807, 2.05) is 4.90 Å². The molecule has 33 heavy (non-hydrogen) atoms. The molecule has 1 fully saturated rings. The molecule has 170 valence electrons. The number of amides is 1. The molecule has 3 aromatic rings. The Hall–Kier alpha value is -4.21. The zero-order chi connectivity index (χ0) is 23.4. The minimum Gasteiger partial charge on any atom is -0.450 e. The number of rotatable bonds is 6. The number of benzene rings is 2. The van der Waals surface area contributed by atoms with Crippen molar-refractivity contribution in [2.75, 3.05) is 37.7 Å². The topological polar surface area (TPSA) is 106 Å². The molecule has 0 saturated carbocycles. The molecule has 1 amide bonds. The first-order valence-electron chi connectivity index (χ1n) is 10.2. The molecular weight excluding hydrogens is 433 g/mol. The number of ether oxygens (including phenoxy) is 1. The van der Waals surface area contributed by atoms with Gasteiger partial charge < -0.3 is 19.0 Å². The number of nitro benzene ring substituents is 1. The molecule has 4 rings (SSSR count). The molecule has 2 heterocycles. The number of furan rings is 1. The molecule has 0 unspecified atom stereocenters. The van der Waals surface area contributed by atoms with Crippen molar-refractivity contribution < 1.29 is 28.1 Å². The Morgan fingerprint density at radius 2 is 1.64 bits per heavy atom. The number of nitrogens with zero attached hydrogens (tertiary/aromatic N) is 3. The van der Waals surface area contributed by atoms with Crippen molar-refractivity contribution in [1.29, 1.82) is 0 Å². The second kappa shape index (κ2) is 9.51. The van der Waals surface area contributed by atoms with Gasteiger partial charge in [-0.3, -0.25) is 14.9 Å². The summed E-state index contributed by atoms with van der Waals surface area (Å²) in [5.74, 6) is -1.13. The summed E-state index contributed by atoms with van der Waals surface area (Å²) in [6, 6.07) is 14.9. The number of non-ortho nitro benzene ring substituents is 1. The van der Waals surface area contributed by atoms with Gasteiger partial charge >= 0.3 is 5.97 Å². The van der Waals surface area contributed by atoms with Gasteiger partial charge in [0, 0.05) is 49.6 Å². The second-order valence-electron chi connectivity index (χ2n) is 7.39. The molecule has 0 N–H and O–H groups in total. The van der Waals surface area contributed by atoms with Crippen molar-refractivity contribution in [2.24, 2.45) is 0 Å². The molecule has 2 aromatic carbocycles. The first-order valence-corrected chi connectivity index (χ1v) is 10.2. The van der Waals surface area contributed by atoms with Crippen molar-refractivity contribution in [3.8, 4) is 11.3 Å². The average molecular weight is 453 g/mol. The molecule has 1 aliphatic heterocycles. The van der Waals surface area contributed by atoms with E-state index >= 15 is 0 Å². The number of carbonyl (C=O) groups is 2. The fraction of sp³-hybridized carbons (Fsp3) is 0.217. The van der Waals surface area contributed by atoms with Crippen LogP contribution in [-0.4, -0.2) is 54.5 Å². The van der Waals surface area contributed by atoms with Gasteiger partial charge in [0.05, 0.1) is 4.92 Å². The Morgan fingerprint density at radius 3 is 2.27 bits per heavy atom. The van der Waals surface area contributed by atoms with Gasteiger partial charge in [0.2, 0.25) is 5.76 Å². The van der Waals surface area contributed by atoms with Gasteiger partial charge in [-0.05, 0) is 48.5 Å². The zero-order valence-electron chi connectivity index (χ0n) is 17.5. The highest BCUT2D eigenvalue weighted by Gasteiger charge is 2.23. The highest BCUT2D eigenvalue weighted by atomic mass is 19.1. The lowest BCUT2D eigenvalue weighted by atomic mass is 10.2. The molecular formula is C23H20FN3O6. The van der Waals surface area contributed by atoms with E-state index in [-0.39, 0.29) is 23.2 Å². The predicted octanol–water partition coefficient (Wildman–Crippen LogP) is 3.50. The molecule has 0 radical (unpaired) electrons. The van der Waals surface area contributed by atoms with Crippen LogP contribution < -0.4 is 4.90 Å². The van der Waals surface area contributed by atoms with Gasteiger partial charge in [0.15, 0.2) is 6.61 Å². The van der Waals surface area contributed by atoms with Gasteiger partial charge in [0.1, 0.15) is 11.6 Å². The average Bonchev–Trinajstić information content (AvgIpc) is 3.33. The van der Waals surface area contributed by atoms with Gasteiger partial charge in [-0.1, -0.05) is 0 Å². The van der Waals surface area contributed by atoms with Crippen LogP contribution in [0.25, 0.3) is 11.3 Å². The van der Waals surface area contributed by atoms with Crippen molar-refractivity contribution in [2.45, 2.75) is 0 Å². The normalized spacial score (nSPS) is 13.6. The van der Waals surface area contributed by atoms with E-state index in [9.17, 15) is 24.1 Å². The molecule has 0 aliphatic carbocycles. The fourth-order valence-corrected chi connectivity index (χ4v) is 3.51. The maximum absolute atomic E-state index is 13.0. The summed E-state index contributed by atoms with van der Waals surface area (Å²) < 4.78 is 23.6. The van der Waals surface area contributed by atoms with E-state index in [2.05, 4.69) is 0 Å². The molecule has 0 spiro atoms. The van der Waals surface area contributed by atoms with Crippen LogP contribution in [0.3, 0.4) is 0 Å². The molecule has 10 heteroatoms. The SMILES string of the molecule is O=C(OCC(=O)N1CCN(c2ccc([N+](=O)[O-])cc2)CC1)c1ccc(-c2ccc(F)cc2)o1. The minimum absolute atomic E-state index is 0.0238. The van der Waals surface area contributed by atoms with Gasteiger partial charge in [0.25, 0.3) is 11.6 Å². The minimum atomic E-state index is -0.763. The molecule has 1 saturated heterocycles. The summed E-state index contributed by atoms with van der Waals surface area (Å²) in [7, 11) is 0. The van der Waals surface area contributed by atoms with Crippen LogP contribution in [0.15, 0.2) is 65.1 Å². The Bertz CT molecular complexity index is 1150. The number of hydrogen-bond acceptors (Lipinski definition) is 7. The second-order valence-corrected chi connectivity index (χ2v) is 7.39.